The lowest BCUT2D eigenvalue weighted by Crippen LogP contribution is -2.05. The van der Waals surface area contributed by atoms with E-state index in [4.69, 9.17) is 0 Å². The fourth-order valence-corrected chi connectivity index (χ4v) is 2.69. The van der Waals surface area contributed by atoms with Crippen molar-refractivity contribution in [1.82, 2.24) is 4.98 Å². The van der Waals surface area contributed by atoms with Crippen molar-refractivity contribution in [2.75, 3.05) is 5.43 Å². The third-order valence-electron chi connectivity index (χ3n) is 3.16. The number of rotatable bonds is 4. The van der Waals surface area contributed by atoms with E-state index >= 15 is 0 Å². The van der Waals surface area contributed by atoms with Gasteiger partial charge < -0.3 is 0 Å². The van der Waals surface area contributed by atoms with E-state index in [1.165, 1.54) is 23.6 Å². The average molecular weight is 347 g/mol. The van der Waals surface area contributed by atoms with Crippen molar-refractivity contribution in [2.24, 2.45) is 5.10 Å². The summed E-state index contributed by atoms with van der Waals surface area (Å²) in [6, 6.07) is 14.6. The summed E-state index contributed by atoms with van der Waals surface area (Å²) < 4.78 is 38.0. The Hall–Kier alpha value is -2.67. The molecule has 0 saturated heterocycles. The van der Waals surface area contributed by atoms with Crippen LogP contribution >= 0.6 is 11.3 Å². The first-order valence-corrected chi connectivity index (χ1v) is 7.87. The Kier molecular flexibility index (Phi) is 4.61. The fraction of sp³-hybridized carbons (Fsp3) is 0.0588. The Morgan fingerprint density at radius 2 is 1.83 bits per heavy atom. The third kappa shape index (κ3) is 3.99. The lowest BCUT2D eigenvalue weighted by molar-refractivity contribution is -0.137. The number of hydrogen-bond donors (Lipinski definition) is 1. The highest BCUT2D eigenvalue weighted by Gasteiger charge is 2.30. The Balaban J connectivity index is 1.68. The summed E-state index contributed by atoms with van der Waals surface area (Å²) in [5, 5.41) is 6.40. The molecule has 3 nitrogen and oxygen atoms in total. The van der Waals surface area contributed by atoms with E-state index in [9.17, 15) is 13.2 Å². The number of alkyl halides is 3. The van der Waals surface area contributed by atoms with Gasteiger partial charge in [0, 0.05) is 10.9 Å². The van der Waals surface area contributed by atoms with Gasteiger partial charge in [0.05, 0.1) is 17.5 Å². The molecule has 3 aromatic rings. The van der Waals surface area contributed by atoms with Gasteiger partial charge in [0.15, 0.2) is 0 Å². The van der Waals surface area contributed by atoms with Crippen molar-refractivity contribution >= 4 is 22.7 Å². The molecule has 2 aromatic carbocycles. The lowest BCUT2D eigenvalue weighted by atomic mass is 10.1. The molecule has 0 aliphatic carbocycles. The van der Waals surface area contributed by atoms with Crippen molar-refractivity contribution in [2.45, 2.75) is 6.18 Å². The summed E-state index contributed by atoms with van der Waals surface area (Å²) in [7, 11) is 0. The summed E-state index contributed by atoms with van der Waals surface area (Å²) >= 11 is 1.37. The Morgan fingerprint density at radius 1 is 1.04 bits per heavy atom. The van der Waals surface area contributed by atoms with Gasteiger partial charge in [-0.05, 0) is 17.7 Å². The number of hydrazone groups is 1. The maximum atomic E-state index is 12.7. The normalized spacial score (nSPS) is 11.8. The summed E-state index contributed by atoms with van der Waals surface area (Å²) in [6.07, 6.45) is -3.03. The van der Waals surface area contributed by atoms with Gasteiger partial charge >= 0.3 is 6.18 Å². The zero-order valence-corrected chi connectivity index (χ0v) is 13.1. The third-order valence-corrected chi connectivity index (χ3v) is 3.91. The van der Waals surface area contributed by atoms with Crippen molar-refractivity contribution in [1.29, 1.82) is 0 Å². The van der Waals surface area contributed by atoms with E-state index in [-0.39, 0.29) is 0 Å². The van der Waals surface area contributed by atoms with Gasteiger partial charge in [-0.15, -0.1) is 11.3 Å². The quantitative estimate of drug-likeness (QED) is 0.515. The maximum Gasteiger partial charge on any atom is 0.416 e. The molecule has 7 heteroatoms. The molecule has 0 saturated carbocycles. The number of thiazole rings is 1. The first kappa shape index (κ1) is 16.2. The first-order chi connectivity index (χ1) is 11.5. The Morgan fingerprint density at radius 3 is 2.58 bits per heavy atom. The van der Waals surface area contributed by atoms with Gasteiger partial charge in [-0.3, -0.25) is 5.43 Å². The van der Waals surface area contributed by atoms with Crippen LogP contribution in [-0.4, -0.2) is 11.2 Å². The van der Waals surface area contributed by atoms with Gasteiger partial charge in [-0.1, -0.05) is 42.5 Å². The lowest BCUT2D eigenvalue weighted by Gasteiger charge is -2.06. The molecule has 0 amide bonds. The molecular formula is C17H12F3N3S. The molecular weight excluding hydrogens is 335 g/mol. The smallest absolute Gasteiger partial charge is 0.253 e. The minimum absolute atomic E-state index is 0.358. The van der Waals surface area contributed by atoms with Crippen molar-refractivity contribution in [3.8, 4) is 11.3 Å². The van der Waals surface area contributed by atoms with Gasteiger partial charge in [0.25, 0.3) is 0 Å². The minimum atomic E-state index is -4.36. The molecule has 24 heavy (non-hydrogen) atoms. The van der Waals surface area contributed by atoms with Crippen LogP contribution in [0.5, 0.6) is 0 Å². The van der Waals surface area contributed by atoms with Gasteiger partial charge in [0.2, 0.25) is 5.13 Å². The Bertz CT molecular complexity index is 842. The van der Waals surface area contributed by atoms with Crippen LogP contribution in [0.2, 0.25) is 0 Å². The number of benzene rings is 2. The number of nitrogens with zero attached hydrogens (tertiary/aromatic N) is 2. The molecule has 1 aromatic heterocycles. The van der Waals surface area contributed by atoms with Crippen LogP contribution < -0.4 is 5.43 Å². The van der Waals surface area contributed by atoms with E-state index in [2.05, 4.69) is 15.5 Å². The van der Waals surface area contributed by atoms with Crippen molar-refractivity contribution in [3.63, 3.8) is 0 Å². The van der Waals surface area contributed by atoms with Crippen LogP contribution in [0.4, 0.5) is 18.3 Å². The van der Waals surface area contributed by atoms with Crippen LogP contribution in [0.25, 0.3) is 11.3 Å². The molecule has 0 aliphatic rings. The molecule has 0 fully saturated rings. The highest BCUT2D eigenvalue weighted by molar-refractivity contribution is 7.14. The van der Waals surface area contributed by atoms with Crippen LogP contribution in [0.1, 0.15) is 11.1 Å². The number of aromatic nitrogens is 1. The molecule has 0 unspecified atom stereocenters. The standard InChI is InChI=1S/C17H12F3N3S/c18-17(19,20)14-8-4-5-12(9-14)10-21-23-16-22-15(11-24-16)13-6-2-1-3-7-13/h1-11H,(H,22,23)/b21-10-. The zero-order chi connectivity index (χ0) is 17.0. The molecule has 0 spiro atoms. The van der Waals surface area contributed by atoms with Gasteiger partial charge in [-0.25, -0.2) is 4.98 Å². The van der Waals surface area contributed by atoms with E-state index in [1.54, 1.807) is 6.07 Å². The summed E-state index contributed by atoms with van der Waals surface area (Å²) in [4.78, 5) is 4.38. The largest absolute Gasteiger partial charge is 0.416 e. The van der Waals surface area contributed by atoms with Crippen LogP contribution in [0.3, 0.4) is 0 Å². The molecule has 0 radical (unpaired) electrons. The van der Waals surface area contributed by atoms with Crippen molar-refractivity contribution < 1.29 is 13.2 Å². The first-order valence-electron chi connectivity index (χ1n) is 7.00. The minimum Gasteiger partial charge on any atom is -0.253 e. The van der Waals surface area contributed by atoms with Crippen LogP contribution in [0, 0.1) is 0 Å². The molecule has 0 bridgehead atoms. The predicted octanol–water partition coefficient (Wildman–Crippen LogP) is 5.27. The molecule has 122 valence electrons. The van der Waals surface area contributed by atoms with E-state index < -0.39 is 11.7 Å². The van der Waals surface area contributed by atoms with Crippen LogP contribution in [0.15, 0.2) is 65.1 Å². The molecule has 1 heterocycles. The topological polar surface area (TPSA) is 37.3 Å². The van der Waals surface area contributed by atoms with E-state index in [0.29, 0.717) is 10.7 Å². The second-order valence-electron chi connectivity index (χ2n) is 4.90. The Labute approximate surface area is 140 Å². The van der Waals surface area contributed by atoms with E-state index in [0.717, 1.165) is 23.4 Å². The molecule has 3 rings (SSSR count). The average Bonchev–Trinajstić information content (AvgIpc) is 3.04. The molecule has 0 atom stereocenters. The van der Waals surface area contributed by atoms with Gasteiger partial charge in [-0.2, -0.15) is 18.3 Å². The molecule has 0 aliphatic heterocycles. The SMILES string of the molecule is FC(F)(F)c1cccc(/C=N\Nc2nc(-c3ccccc3)cs2)c1. The maximum absolute atomic E-state index is 12.7. The number of anilines is 1. The zero-order valence-electron chi connectivity index (χ0n) is 12.3. The number of hydrogen-bond acceptors (Lipinski definition) is 4. The summed E-state index contributed by atoms with van der Waals surface area (Å²) in [5.74, 6) is 0. The molecule has 1 N–H and O–H groups in total. The predicted molar refractivity (Wildman–Crippen MR) is 90.2 cm³/mol. The number of nitrogens with one attached hydrogen (secondary N) is 1. The van der Waals surface area contributed by atoms with Crippen LogP contribution in [-0.2, 0) is 6.18 Å². The van der Waals surface area contributed by atoms with E-state index in [1.807, 2.05) is 35.7 Å². The number of halogens is 3. The monoisotopic (exact) mass is 347 g/mol. The fourth-order valence-electron chi connectivity index (χ4n) is 2.02. The highest BCUT2D eigenvalue weighted by atomic mass is 32.1. The summed E-state index contributed by atoms with van der Waals surface area (Å²) in [6.45, 7) is 0. The second-order valence-corrected chi connectivity index (χ2v) is 5.76. The van der Waals surface area contributed by atoms with Gasteiger partial charge in [0.1, 0.15) is 0 Å². The second kappa shape index (κ2) is 6.84. The summed E-state index contributed by atoms with van der Waals surface area (Å²) in [5.41, 5.74) is 4.20. The highest BCUT2D eigenvalue weighted by Crippen LogP contribution is 2.29. The van der Waals surface area contributed by atoms with Crippen molar-refractivity contribution in [3.05, 3.63) is 71.1 Å².